The van der Waals surface area contributed by atoms with Gasteiger partial charge in [-0.25, -0.2) is 9.18 Å². The highest BCUT2D eigenvalue weighted by Gasteiger charge is 2.30. The van der Waals surface area contributed by atoms with Crippen LogP contribution in [0.1, 0.15) is 60.3 Å². The smallest absolute Gasteiger partial charge is 0.416 e. The number of aromatic nitrogens is 1. The number of carbonyl (C=O) groups excluding carboxylic acids is 1. The van der Waals surface area contributed by atoms with Gasteiger partial charge in [-0.15, -0.1) is 0 Å². The van der Waals surface area contributed by atoms with Crippen LogP contribution in [0.5, 0.6) is 0 Å². The fraction of sp³-hybridized carbons (Fsp3) is 0.300. The number of fused-ring (bicyclic) bond motifs is 1. The molecular weight excluding hydrogens is 482 g/mol. The predicted molar refractivity (Wildman–Crippen MR) is 137 cm³/mol. The number of esters is 1. The lowest BCUT2D eigenvalue weighted by Gasteiger charge is -2.23. The molecule has 194 valence electrons. The van der Waals surface area contributed by atoms with Gasteiger partial charge < -0.3 is 9.30 Å². The Morgan fingerprint density at radius 2 is 1.65 bits per heavy atom. The number of halogens is 4. The van der Waals surface area contributed by atoms with Crippen molar-refractivity contribution in [3.05, 3.63) is 94.9 Å². The van der Waals surface area contributed by atoms with Gasteiger partial charge in [-0.1, -0.05) is 38.1 Å². The maximum atomic E-state index is 15.7. The first kappa shape index (κ1) is 26.5. The number of ether oxygens (including phenoxy) is 1. The number of rotatable bonds is 7. The normalized spacial score (nSPS) is 12.8. The first-order valence-corrected chi connectivity index (χ1v) is 12.3. The quantitative estimate of drug-likeness (QED) is 0.184. The van der Waals surface area contributed by atoms with Gasteiger partial charge in [0.25, 0.3) is 0 Å². The molecular formula is C30H29F4NO2. The van der Waals surface area contributed by atoms with Crippen molar-refractivity contribution in [2.75, 3.05) is 6.61 Å². The molecule has 1 aromatic heterocycles. The molecule has 0 bridgehead atoms. The lowest BCUT2D eigenvalue weighted by molar-refractivity contribution is -0.137. The van der Waals surface area contributed by atoms with Crippen LogP contribution in [-0.2, 0) is 10.9 Å². The van der Waals surface area contributed by atoms with Crippen molar-refractivity contribution in [1.82, 2.24) is 4.57 Å². The van der Waals surface area contributed by atoms with E-state index < -0.39 is 23.5 Å². The zero-order chi connectivity index (χ0) is 26.9. The van der Waals surface area contributed by atoms with Gasteiger partial charge in [-0.05, 0) is 84.8 Å². The van der Waals surface area contributed by atoms with Gasteiger partial charge in [0, 0.05) is 11.6 Å². The second-order valence-corrected chi connectivity index (χ2v) is 9.58. The molecule has 0 saturated heterocycles. The van der Waals surface area contributed by atoms with Gasteiger partial charge in [-0.2, -0.15) is 13.2 Å². The summed E-state index contributed by atoms with van der Waals surface area (Å²) >= 11 is 0. The fourth-order valence-corrected chi connectivity index (χ4v) is 4.76. The SMILES string of the molecule is CCOC(=O)c1ccc(C(CC(C)C)n2ccc3c(C)c(-c4ccc(C(F)(F)F)cc4)cc(F)c32)cc1. The van der Waals surface area contributed by atoms with Crippen LogP contribution in [-0.4, -0.2) is 17.1 Å². The zero-order valence-corrected chi connectivity index (χ0v) is 21.2. The highest BCUT2D eigenvalue weighted by Crippen LogP contribution is 2.38. The number of hydrogen-bond acceptors (Lipinski definition) is 2. The third-order valence-electron chi connectivity index (χ3n) is 6.58. The number of carbonyl (C=O) groups is 1. The Kier molecular flexibility index (Phi) is 7.44. The van der Waals surface area contributed by atoms with Gasteiger partial charge >= 0.3 is 12.1 Å². The van der Waals surface area contributed by atoms with E-state index in [2.05, 4.69) is 13.8 Å². The van der Waals surface area contributed by atoms with E-state index in [-0.39, 0.29) is 6.04 Å². The van der Waals surface area contributed by atoms with Crippen LogP contribution in [0, 0.1) is 18.7 Å². The molecule has 1 heterocycles. The Morgan fingerprint density at radius 1 is 1.00 bits per heavy atom. The summed E-state index contributed by atoms with van der Waals surface area (Å²) in [6.45, 7) is 8.08. The van der Waals surface area contributed by atoms with E-state index in [1.165, 1.54) is 18.2 Å². The lowest BCUT2D eigenvalue weighted by Crippen LogP contribution is -2.14. The first-order chi connectivity index (χ1) is 17.5. The van der Waals surface area contributed by atoms with Gasteiger partial charge in [0.1, 0.15) is 5.82 Å². The Labute approximate surface area is 213 Å². The summed E-state index contributed by atoms with van der Waals surface area (Å²) in [5, 5.41) is 0.701. The third kappa shape index (κ3) is 5.41. The number of hydrogen-bond donors (Lipinski definition) is 0. The summed E-state index contributed by atoms with van der Waals surface area (Å²) in [5.74, 6) is -0.529. The molecule has 4 rings (SSSR count). The van der Waals surface area contributed by atoms with Crippen molar-refractivity contribution in [2.24, 2.45) is 5.92 Å². The highest BCUT2D eigenvalue weighted by molar-refractivity contribution is 5.91. The summed E-state index contributed by atoms with van der Waals surface area (Å²) in [6.07, 6.45) is -1.84. The fourth-order valence-electron chi connectivity index (χ4n) is 4.76. The highest BCUT2D eigenvalue weighted by atomic mass is 19.4. The minimum Gasteiger partial charge on any atom is -0.462 e. The number of nitrogens with zero attached hydrogens (tertiary/aromatic N) is 1. The van der Waals surface area contributed by atoms with Gasteiger partial charge in [-0.3, -0.25) is 0 Å². The van der Waals surface area contributed by atoms with E-state index in [1.54, 1.807) is 19.1 Å². The Bertz CT molecular complexity index is 1400. The molecule has 0 aliphatic rings. The molecule has 3 nitrogen and oxygen atoms in total. The molecule has 3 aromatic carbocycles. The van der Waals surface area contributed by atoms with Crippen LogP contribution in [0.4, 0.5) is 17.6 Å². The molecule has 1 atom stereocenters. The van der Waals surface area contributed by atoms with E-state index in [0.29, 0.717) is 40.1 Å². The average molecular weight is 512 g/mol. The van der Waals surface area contributed by atoms with E-state index in [4.69, 9.17) is 4.74 Å². The first-order valence-electron chi connectivity index (χ1n) is 12.3. The molecule has 37 heavy (non-hydrogen) atoms. The molecule has 0 aliphatic carbocycles. The van der Waals surface area contributed by atoms with E-state index in [1.807, 2.05) is 35.9 Å². The number of benzene rings is 3. The van der Waals surface area contributed by atoms with Gasteiger partial charge in [0.05, 0.1) is 29.3 Å². The van der Waals surface area contributed by atoms with Crippen molar-refractivity contribution in [3.63, 3.8) is 0 Å². The number of alkyl halides is 3. The second-order valence-electron chi connectivity index (χ2n) is 9.58. The lowest BCUT2D eigenvalue weighted by atomic mass is 9.94. The Morgan fingerprint density at radius 3 is 2.22 bits per heavy atom. The summed E-state index contributed by atoms with van der Waals surface area (Å²) in [4.78, 5) is 12.1. The minimum absolute atomic E-state index is 0.181. The zero-order valence-electron chi connectivity index (χ0n) is 21.2. The topological polar surface area (TPSA) is 31.2 Å². The minimum atomic E-state index is -4.43. The predicted octanol–water partition coefficient (Wildman–Crippen LogP) is 8.59. The summed E-state index contributed by atoms with van der Waals surface area (Å²) in [5.41, 5.74) is 2.94. The van der Waals surface area contributed by atoms with E-state index >= 15 is 4.39 Å². The van der Waals surface area contributed by atoms with Crippen LogP contribution < -0.4 is 0 Å². The third-order valence-corrected chi connectivity index (χ3v) is 6.58. The van der Waals surface area contributed by atoms with E-state index in [9.17, 15) is 18.0 Å². The molecule has 0 amide bonds. The number of aryl methyl sites for hydroxylation is 1. The maximum Gasteiger partial charge on any atom is 0.416 e. The summed E-state index contributed by atoms with van der Waals surface area (Å²) < 4.78 is 61.6. The van der Waals surface area contributed by atoms with Crippen molar-refractivity contribution >= 4 is 16.9 Å². The van der Waals surface area contributed by atoms with E-state index in [0.717, 1.165) is 29.7 Å². The molecule has 0 N–H and O–H groups in total. The van der Waals surface area contributed by atoms with Gasteiger partial charge in [0.15, 0.2) is 0 Å². The van der Waals surface area contributed by atoms with Crippen molar-refractivity contribution in [2.45, 2.75) is 46.3 Å². The van der Waals surface area contributed by atoms with Gasteiger partial charge in [0.2, 0.25) is 0 Å². The molecule has 4 aromatic rings. The monoisotopic (exact) mass is 511 g/mol. The van der Waals surface area contributed by atoms with Crippen LogP contribution in [0.3, 0.4) is 0 Å². The Balaban J connectivity index is 1.77. The maximum absolute atomic E-state index is 15.7. The van der Waals surface area contributed by atoms with Crippen molar-refractivity contribution in [1.29, 1.82) is 0 Å². The largest absolute Gasteiger partial charge is 0.462 e. The summed E-state index contributed by atoms with van der Waals surface area (Å²) in [6, 6.07) is 15.0. The Hall–Kier alpha value is -3.61. The molecule has 0 radical (unpaired) electrons. The standard InChI is InChI=1S/C30H29F4NO2/c1-5-37-29(36)22-8-6-21(7-9-22)27(16-18(2)3)35-15-14-24-19(4)25(17-26(31)28(24)35)20-10-12-23(13-11-20)30(32,33)34/h6-15,17-18,27H,5,16H2,1-4H3. The van der Waals surface area contributed by atoms with Crippen LogP contribution >= 0.6 is 0 Å². The molecule has 0 aliphatic heterocycles. The second kappa shape index (κ2) is 10.4. The summed E-state index contributed by atoms with van der Waals surface area (Å²) in [7, 11) is 0. The molecule has 0 saturated carbocycles. The van der Waals surface area contributed by atoms with Crippen LogP contribution in [0.15, 0.2) is 66.9 Å². The van der Waals surface area contributed by atoms with Crippen LogP contribution in [0.25, 0.3) is 22.0 Å². The average Bonchev–Trinajstić information content (AvgIpc) is 3.30. The molecule has 0 spiro atoms. The van der Waals surface area contributed by atoms with Crippen molar-refractivity contribution in [3.8, 4) is 11.1 Å². The molecule has 1 unspecified atom stereocenters. The molecule has 0 fully saturated rings. The molecule has 7 heteroatoms. The van der Waals surface area contributed by atoms with Crippen molar-refractivity contribution < 1.29 is 27.1 Å². The van der Waals surface area contributed by atoms with Crippen LogP contribution in [0.2, 0.25) is 0 Å².